The van der Waals surface area contributed by atoms with E-state index in [9.17, 15) is 4.79 Å². The summed E-state index contributed by atoms with van der Waals surface area (Å²) in [6.07, 6.45) is -0.234. The first-order chi connectivity index (χ1) is 4.52. The van der Waals surface area contributed by atoms with Gasteiger partial charge in [-0.1, -0.05) is 25.6 Å². The summed E-state index contributed by atoms with van der Waals surface area (Å²) < 4.78 is 0. The summed E-state index contributed by atoms with van der Waals surface area (Å²) in [6.45, 7) is 5.55. The largest absolute Gasteiger partial charge is 0.393 e. The average Bonchev–Trinajstić information content (AvgIpc) is 1.58. The molecule has 0 heterocycles. The molecular weight excluding hydrogens is 148 g/mol. The highest BCUT2D eigenvalue weighted by Crippen LogP contribution is 2.13. The van der Waals surface area contributed by atoms with Gasteiger partial charge < -0.3 is 5.11 Å². The second-order valence-corrected chi connectivity index (χ2v) is 4.23. The van der Waals surface area contributed by atoms with E-state index in [4.69, 9.17) is 5.11 Å². The number of aliphatic hydroxyl groups is 1. The standard InChI is InChI=1S/C7H14O2S/c1-5(2)10-7(9)4-6(3)8/h5-6,8H,4H2,1-3H3. The van der Waals surface area contributed by atoms with Crippen LogP contribution in [0, 0.1) is 0 Å². The molecule has 0 aromatic heterocycles. The molecule has 10 heavy (non-hydrogen) atoms. The fourth-order valence-electron chi connectivity index (χ4n) is 0.552. The van der Waals surface area contributed by atoms with Gasteiger partial charge in [0.2, 0.25) is 0 Å². The van der Waals surface area contributed by atoms with Gasteiger partial charge in [0.1, 0.15) is 0 Å². The number of carbonyl (C=O) groups is 1. The van der Waals surface area contributed by atoms with Crippen LogP contribution < -0.4 is 0 Å². The minimum Gasteiger partial charge on any atom is -0.393 e. The van der Waals surface area contributed by atoms with Crippen LogP contribution in [0.25, 0.3) is 0 Å². The molecule has 0 aromatic rings. The lowest BCUT2D eigenvalue weighted by molar-refractivity contribution is -0.112. The number of aliphatic hydroxyl groups excluding tert-OH is 1. The Labute approximate surface area is 66.0 Å². The van der Waals surface area contributed by atoms with Gasteiger partial charge >= 0.3 is 0 Å². The third-order valence-electron chi connectivity index (χ3n) is 0.829. The predicted molar refractivity (Wildman–Crippen MR) is 44.0 cm³/mol. The zero-order chi connectivity index (χ0) is 8.15. The van der Waals surface area contributed by atoms with Gasteiger partial charge in [-0.2, -0.15) is 0 Å². The highest BCUT2D eigenvalue weighted by atomic mass is 32.2. The Kier molecular flexibility index (Phi) is 4.73. The monoisotopic (exact) mass is 162 g/mol. The van der Waals surface area contributed by atoms with Crippen molar-refractivity contribution in [3.63, 3.8) is 0 Å². The van der Waals surface area contributed by atoms with E-state index in [-0.39, 0.29) is 11.5 Å². The summed E-state index contributed by atoms with van der Waals surface area (Å²) in [7, 11) is 0. The van der Waals surface area contributed by atoms with Crippen molar-refractivity contribution in [3.05, 3.63) is 0 Å². The molecular formula is C7H14O2S. The van der Waals surface area contributed by atoms with Crippen molar-refractivity contribution in [3.8, 4) is 0 Å². The van der Waals surface area contributed by atoms with Crippen LogP contribution in [0.3, 0.4) is 0 Å². The summed E-state index contributed by atoms with van der Waals surface area (Å²) in [5.74, 6) is 0. The third-order valence-corrected chi connectivity index (χ3v) is 1.73. The van der Waals surface area contributed by atoms with Crippen molar-refractivity contribution in [1.29, 1.82) is 0 Å². The lowest BCUT2D eigenvalue weighted by Gasteiger charge is -2.04. The van der Waals surface area contributed by atoms with Crippen LogP contribution in [0.5, 0.6) is 0 Å². The van der Waals surface area contributed by atoms with E-state index >= 15 is 0 Å². The van der Waals surface area contributed by atoms with Crippen LogP contribution in [0.15, 0.2) is 0 Å². The fourth-order valence-corrected chi connectivity index (χ4v) is 1.42. The molecule has 0 radical (unpaired) electrons. The number of thioether (sulfide) groups is 1. The van der Waals surface area contributed by atoms with Gasteiger partial charge in [-0.3, -0.25) is 4.79 Å². The first-order valence-electron chi connectivity index (χ1n) is 3.40. The molecule has 0 rings (SSSR count). The molecule has 0 spiro atoms. The molecule has 1 atom stereocenters. The van der Waals surface area contributed by atoms with E-state index in [1.165, 1.54) is 11.8 Å². The molecule has 0 aliphatic carbocycles. The Morgan fingerprint density at radius 3 is 2.30 bits per heavy atom. The number of hydrogen-bond donors (Lipinski definition) is 1. The van der Waals surface area contributed by atoms with Crippen molar-refractivity contribution < 1.29 is 9.90 Å². The van der Waals surface area contributed by atoms with Gasteiger partial charge in [0.25, 0.3) is 0 Å². The van der Waals surface area contributed by atoms with Crippen molar-refractivity contribution in [2.75, 3.05) is 0 Å². The minimum atomic E-state index is -0.501. The van der Waals surface area contributed by atoms with Crippen LogP contribution in [-0.2, 0) is 4.79 Å². The molecule has 0 saturated carbocycles. The SMILES string of the molecule is CC(O)CC(=O)SC(C)C. The normalized spacial score (nSPS) is 13.7. The molecule has 0 amide bonds. The second kappa shape index (κ2) is 4.74. The minimum absolute atomic E-state index is 0.0741. The van der Waals surface area contributed by atoms with Gasteiger partial charge in [0, 0.05) is 11.7 Å². The maximum absolute atomic E-state index is 10.9. The van der Waals surface area contributed by atoms with Gasteiger partial charge in [-0.25, -0.2) is 0 Å². The van der Waals surface area contributed by atoms with Gasteiger partial charge in [0.05, 0.1) is 6.10 Å². The molecule has 0 saturated heterocycles. The summed E-state index contributed by atoms with van der Waals surface area (Å²) in [5.41, 5.74) is 0. The van der Waals surface area contributed by atoms with Crippen molar-refractivity contribution >= 4 is 16.9 Å². The van der Waals surface area contributed by atoms with Gasteiger partial charge in [0.15, 0.2) is 5.12 Å². The molecule has 0 aliphatic rings. The topological polar surface area (TPSA) is 37.3 Å². The average molecular weight is 162 g/mol. The van der Waals surface area contributed by atoms with E-state index in [1.54, 1.807) is 6.92 Å². The molecule has 1 N–H and O–H groups in total. The fraction of sp³-hybridized carbons (Fsp3) is 0.857. The van der Waals surface area contributed by atoms with E-state index in [2.05, 4.69) is 0 Å². The number of hydrogen-bond acceptors (Lipinski definition) is 3. The Bertz CT molecular complexity index is 98.2. The Balaban J connectivity index is 3.44. The lowest BCUT2D eigenvalue weighted by Crippen LogP contribution is -2.07. The van der Waals surface area contributed by atoms with E-state index < -0.39 is 6.10 Å². The van der Waals surface area contributed by atoms with Crippen molar-refractivity contribution in [2.24, 2.45) is 0 Å². The first-order valence-corrected chi connectivity index (χ1v) is 4.28. The molecule has 0 fully saturated rings. The van der Waals surface area contributed by atoms with Crippen LogP contribution in [0.2, 0.25) is 0 Å². The maximum Gasteiger partial charge on any atom is 0.191 e. The van der Waals surface area contributed by atoms with E-state index in [1.807, 2.05) is 13.8 Å². The van der Waals surface area contributed by atoms with Crippen LogP contribution in [-0.4, -0.2) is 21.6 Å². The quantitative estimate of drug-likeness (QED) is 0.682. The smallest absolute Gasteiger partial charge is 0.191 e. The highest BCUT2D eigenvalue weighted by Gasteiger charge is 2.08. The third kappa shape index (κ3) is 6.11. The predicted octanol–water partition coefficient (Wildman–Crippen LogP) is 1.43. The number of carbonyl (C=O) groups excluding carboxylic acids is 1. The summed E-state index contributed by atoms with van der Waals surface area (Å²) >= 11 is 1.28. The first kappa shape index (κ1) is 9.98. The Hall–Kier alpha value is -0.0200. The number of rotatable bonds is 3. The van der Waals surface area contributed by atoms with Crippen LogP contribution in [0.1, 0.15) is 27.2 Å². The molecule has 3 heteroatoms. The second-order valence-electron chi connectivity index (χ2n) is 2.59. The Morgan fingerprint density at radius 1 is 1.50 bits per heavy atom. The molecule has 0 aromatic carbocycles. The van der Waals surface area contributed by atoms with Crippen molar-refractivity contribution in [2.45, 2.75) is 38.5 Å². The Morgan fingerprint density at radius 2 is 2.00 bits per heavy atom. The zero-order valence-electron chi connectivity index (χ0n) is 6.63. The molecule has 1 unspecified atom stereocenters. The van der Waals surface area contributed by atoms with Crippen molar-refractivity contribution in [1.82, 2.24) is 0 Å². The van der Waals surface area contributed by atoms with E-state index in [0.717, 1.165) is 0 Å². The molecule has 0 aliphatic heterocycles. The molecule has 0 bridgehead atoms. The summed E-state index contributed by atoms with van der Waals surface area (Å²) in [5, 5.41) is 9.20. The van der Waals surface area contributed by atoms with Crippen LogP contribution >= 0.6 is 11.8 Å². The molecule has 60 valence electrons. The highest BCUT2D eigenvalue weighted by molar-refractivity contribution is 8.14. The lowest BCUT2D eigenvalue weighted by atomic mass is 10.3. The summed E-state index contributed by atoms with van der Waals surface area (Å²) in [6, 6.07) is 0. The zero-order valence-corrected chi connectivity index (χ0v) is 7.44. The molecule has 2 nitrogen and oxygen atoms in total. The van der Waals surface area contributed by atoms with Gasteiger partial charge in [-0.15, -0.1) is 0 Å². The maximum atomic E-state index is 10.9. The van der Waals surface area contributed by atoms with E-state index in [0.29, 0.717) is 5.25 Å². The van der Waals surface area contributed by atoms with Crippen LogP contribution in [0.4, 0.5) is 0 Å². The summed E-state index contributed by atoms with van der Waals surface area (Å²) in [4.78, 5) is 10.9. The van der Waals surface area contributed by atoms with Gasteiger partial charge in [-0.05, 0) is 6.92 Å².